The van der Waals surface area contributed by atoms with Crippen molar-refractivity contribution in [2.75, 3.05) is 26.0 Å². The SMILES string of the molecule is COc1ccc2c(c1)[C@]1(C(=O)N2)[C@H](C(=O)c2ccccc2)[C@@H](c2ccccc2)CN1C. The summed E-state index contributed by atoms with van der Waals surface area (Å²) in [4.78, 5) is 29.7. The van der Waals surface area contributed by atoms with Gasteiger partial charge < -0.3 is 10.1 Å². The Hall–Kier alpha value is -3.44. The van der Waals surface area contributed by atoms with Gasteiger partial charge >= 0.3 is 0 Å². The topological polar surface area (TPSA) is 58.6 Å². The third-order valence-electron chi connectivity index (χ3n) is 6.73. The summed E-state index contributed by atoms with van der Waals surface area (Å²) in [6.45, 7) is 0.595. The number of fused-ring (bicyclic) bond motifs is 2. The number of carbonyl (C=O) groups is 2. The Bertz CT molecular complexity index is 1150. The minimum atomic E-state index is -1.10. The molecule has 5 nitrogen and oxygen atoms in total. The number of anilines is 1. The highest BCUT2D eigenvalue weighted by Crippen LogP contribution is 2.56. The van der Waals surface area contributed by atoms with Crippen molar-refractivity contribution in [3.8, 4) is 5.75 Å². The number of amides is 1. The summed E-state index contributed by atoms with van der Waals surface area (Å²) in [7, 11) is 3.54. The van der Waals surface area contributed by atoms with Crippen molar-refractivity contribution < 1.29 is 14.3 Å². The van der Waals surface area contributed by atoms with Crippen LogP contribution in [0.1, 0.15) is 27.4 Å². The van der Waals surface area contributed by atoms with Gasteiger partial charge in [0.1, 0.15) is 11.3 Å². The van der Waals surface area contributed by atoms with E-state index in [1.165, 1.54) is 0 Å². The van der Waals surface area contributed by atoms with Crippen LogP contribution in [-0.4, -0.2) is 37.3 Å². The van der Waals surface area contributed by atoms with Gasteiger partial charge in [0.05, 0.1) is 13.0 Å². The molecule has 2 aliphatic heterocycles. The van der Waals surface area contributed by atoms with Crippen molar-refractivity contribution in [1.29, 1.82) is 0 Å². The molecule has 3 aromatic carbocycles. The predicted molar refractivity (Wildman–Crippen MR) is 119 cm³/mol. The molecule has 1 fully saturated rings. The van der Waals surface area contributed by atoms with Crippen LogP contribution < -0.4 is 10.1 Å². The first kappa shape index (κ1) is 19.5. The Balaban J connectivity index is 1.74. The van der Waals surface area contributed by atoms with Gasteiger partial charge in [0.15, 0.2) is 5.78 Å². The first-order chi connectivity index (χ1) is 15.1. The highest BCUT2D eigenvalue weighted by Gasteiger charge is 2.64. The summed E-state index contributed by atoms with van der Waals surface area (Å²) in [6.07, 6.45) is 0. The van der Waals surface area contributed by atoms with E-state index in [1.807, 2.05) is 90.8 Å². The summed E-state index contributed by atoms with van der Waals surface area (Å²) >= 11 is 0. The van der Waals surface area contributed by atoms with Crippen LogP contribution in [0, 0.1) is 5.92 Å². The number of carbonyl (C=O) groups excluding carboxylic acids is 2. The number of hydrogen-bond donors (Lipinski definition) is 1. The Kier molecular flexibility index (Phi) is 4.63. The highest BCUT2D eigenvalue weighted by molar-refractivity contribution is 6.12. The van der Waals surface area contributed by atoms with Gasteiger partial charge in [0.2, 0.25) is 5.91 Å². The highest BCUT2D eigenvalue weighted by atomic mass is 16.5. The molecule has 31 heavy (non-hydrogen) atoms. The summed E-state index contributed by atoms with van der Waals surface area (Å²) in [6, 6.07) is 24.9. The first-order valence-corrected chi connectivity index (χ1v) is 10.4. The van der Waals surface area contributed by atoms with Crippen molar-refractivity contribution in [2.45, 2.75) is 11.5 Å². The number of likely N-dealkylation sites (tertiary alicyclic amines) is 1. The average Bonchev–Trinajstić information content (AvgIpc) is 3.29. The van der Waals surface area contributed by atoms with Crippen molar-refractivity contribution in [3.63, 3.8) is 0 Å². The summed E-state index contributed by atoms with van der Waals surface area (Å²) < 4.78 is 5.46. The maximum Gasteiger partial charge on any atom is 0.250 e. The van der Waals surface area contributed by atoms with Crippen LogP contribution in [0.15, 0.2) is 78.9 Å². The molecule has 0 radical (unpaired) electrons. The fourth-order valence-corrected chi connectivity index (χ4v) is 5.33. The third-order valence-corrected chi connectivity index (χ3v) is 6.73. The molecule has 0 saturated carbocycles. The van der Waals surface area contributed by atoms with Gasteiger partial charge in [0.25, 0.3) is 0 Å². The number of nitrogens with one attached hydrogen (secondary N) is 1. The van der Waals surface area contributed by atoms with Crippen molar-refractivity contribution in [1.82, 2.24) is 4.90 Å². The summed E-state index contributed by atoms with van der Waals surface area (Å²) in [5, 5.41) is 3.03. The molecule has 3 atom stereocenters. The smallest absolute Gasteiger partial charge is 0.250 e. The Morgan fingerprint density at radius 1 is 1.03 bits per heavy atom. The molecule has 1 saturated heterocycles. The molecule has 0 unspecified atom stereocenters. The Morgan fingerprint density at radius 3 is 2.39 bits per heavy atom. The first-order valence-electron chi connectivity index (χ1n) is 10.4. The minimum Gasteiger partial charge on any atom is -0.497 e. The van der Waals surface area contributed by atoms with E-state index in [4.69, 9.17) is 4.74 Å². The molecule has 1 N–H and O–H groups in total. The predicted octanol–water partition coefficient (Wildman–Crippen LogP) is 4.07. The molecule has 156 valence electrons. The number of Topliss-reactive ketones (excluding diaryl/α,β-unsaturated/α-hetero) is 1. The fraction of sp³-hybridized carbons (Fsp3) is 0.231. The van der Waals surface area contributed by atoms with Crippen LogP contribution in [0.5, 0.6) is 5.75 Å². The number of ketones is 1. The number of benzene rings is 3. The number of likely N-dealkylation sites (N-methyl/N-ethyl adjacent to an activating group) is 1. The van der Waals surface area contributed by atoms with E-state index in [1.54, 1.807) is 7.11 Å². The van der Waals surface area contributed by atoms with Crippen LogP contribution in [0.25, 0.3) is 0 Å². The van der Waals surface area contributed by atoms with E-state index < -0.39 is 11.5 Å². The van der Waals surface area contributed by atoms with Gasteiger partial charge in [0, 0.05) is 29.3 Å². The fourth-order valence-electron chi connectivity index (χ4n) is 5.33. The van der Waals surface area contributed by atoms with Crippen LogP contribution in [-0.2, 0) is 10.3 Å². The van der Waals surface area contributed by atoms with Gasteiger partial charge in [-0.3, -0.25) is 14.5 Å². The van der Waals surface area contributed by atoms with E-state index in [-0.39, 0.29) is 17.6 Å². The quantitative estimate of drug-likeness (QED) is 0.657. The Labute approximate surface area is 181 Å². The molecule has 5 heteroatoms. The average molecular weight is 412 g/mol. The van der Waals surface area contributed by atoms with E-state index in [2.05, 4.69) is 5.32 Å². The molecule has 5 rings (SSSR count). The molecule has 1 amide bonds. The van der Waals surface area contributed by atoms with Crippen molar-refractivity contribution in [2.24, 2.45) is 5.92 Å². The number of rotatable bonds is 4. The maximum atomic E-state index is 14.0. The summed E-state index contributed by atoms with van der Waals surface area (Å²) in [5.41, 5.74) is 2.11. The van der Waals surface area contributed by atoms with Crippen molar-refractivity contribution in [3.05, 3.63) is 95.6 Å². The molecule has 0 aliphatic carbocycles. The van der Waals surface area contributed by atoms with Crippen molar-refractivity contribution >= 4 is 17.4 Å². The van der Waals surface area contributed by atoms with Crippen LogP contribution in [0.4, 0.5) is 5.69 Å². The zero-order chi connectivity index (χ0) is 21.6. The molecule has 2 aliphatic rings. The standard InChI is InChI=1S/C26H24N2O3/c1-28-16-20(17-9-5-3-6-10-17)23(24(29)18-11-7-4-8-12-18)26(28)21-15-19(31-2)13-14-22(21)27-25(26)30/h3-15,20,23H,16H2,1-2H3,(H,27,30)/t20-,23+,26-/m1/s1. The summed E-state index contributed by atoms with van der Waals surface area (Å²) in [5.74, 6) is -0.217. The van der Waals surface area contributed by atoms with E-state index in [0.29, 0.717) is 17.9 Å². The lowest BCUT2D eigenvalue weighted by molar-refractivity contribution is -0.126. The lowest BCUT2D eigenvalue weighted by atomic mass is 9.70. The van der Waals surface area contributed by atoms with E-state index >= 15 is 0 Å². The number of nitrogens with zero attached hydrogens (tertiary/aromatic N) is 1. The minimum absolute atomic E-state index is 0.0235. The molecule has 1 spiro atoms. The van der Waals surface area contributed by atoms with Crippen LogP contribution in [0.3, 0.4) is 0 Å². The molecule has 0 bridgehead atoms. The number of methoxy groups -OCH3 is 1. The molecular weight excluding hydrogens is 388 g/mol. The van der Waals surface area contributed by atoms with Gasteiger partial charge in [-0.2, -0.15) is 0 Å². The Morgan fingerprint density at radius 2 is 1.71 bits per heavy atom. The zero-order valence-electron chi connectivity index (χ0n) is 17.5. The van der Waals surface area contributed by atoms with Gasteiger partial charge in [-0.1, -0.05) is 60.7 Å². The van der Waals surface area contributed by atoms with E-state index in [9.17, 15) is 9.59 Å². The molecule has 3 aromatic rings. The van der Waals surface area contributed by atoms with Gasteiger partial charge in [-0.25, -0.2) is 0 Å². The number of ether oxygens (including phenoxy) is 1. The number of hydrogen-bond acceptors (Lipinski definition) is 4. The lowest BCUT2D eigenvalue weighted by Crippen LogP contribution is -2.51. The van der Waals surface area contributed by atoms with Crippen LogP contribution >= 0.6 is 0 Å². The lowest BCUT2D eigenvalue weighted by Gasteiger charge is -2.35. The maximum absolute atomic E-state index is 14.0. The van der Waals surface area contributed by atoms with Crippen LogP contribution in [0.2, 0.25) is 0 Å². The second-order valence-corrected chi connectivity index (χ2v) is 8.24. The monoisotopic (exact) mass is 412 g/mol. The zero-order valence-corrected chi connectivity index (χ0v) is 17.5. The second-order valence-electron chi connectivity index (χ2n) is 8.24. The van der Waals surface area contributed by atoms with Gasteiger partial charge in [-0.05, 0) is 30.8 Å². The molecule has 2 heterocycles. The second kappa shape index (κ2) is 7.36. The van der Waals surface area contributed by atoms with E-state index in [0.717, 1.165) is 16.8 Å². The van der Waals surface area contributed by atoms with Gasteiger partial charge in [-0.15, -0.1) is 0 Å². The molecular formula is C26H24N2O3. The molecule has 0 aromatic heterocycles. The third kappa shape index (κ3) is 2.81. The normalized spacial score (nSPS) is 24.8. The largest absolute Gasteiger partial charge is 0.497 e.